The van der Waals surface area contributed by atoms with Crippen LogP contribution in [0.3, 0.4) is 0 Å². The van der Waals surface area contributed by atoms with Gasteiger partial charge in [0.1, 0.15) is 0 Å². The number of rotatable bonds is 2. The Morgan fingerprint density at radius 1 is 0.714 bits per heavy atom. The van der Waals surface area contributed by atoms with Crippen LogP contribution in [0, 0.1) is 35.5 Å². The van der Waals surface area contributed by atoms with Crippen molar-refractivity contribution in [1.29, 1.82) is 0 Å². The SMILES string of the molecule is C1NC2CC1CC2C1CN2CC(C3CC4CCC3N4)C1C2. The molecule has 0 aromatic carbocycles. The van der Waals surface area contributed by atoms with Gasteiger partial charge in [0, 0.05) is 37.8 Å². The Kier molecular flexibility index (Phi) is 2.49. The molecule has 6 rings (SSSR count). The summed E-state index contributed by atoms with van der Waals surface area (Å²) in [6, 6.07) is 2.66. The van der Waals surface area contributed by atoms with E-state index in [9.17, 15) is 0 Å². The van der Waals surface area contributed by atoms with Crippen LogP contribution in [0.1, 0.15) is 32.1 Å². The molecule has 5 aliphatic heterocycles. The zero-order chi connectivity index (χ0) is 13.6. The molecule has 3 heteroatoms. The summed E-state index contributed by atoms with van der Waals surface area (Å²) in [6.07, 6.45) is 7.48. The van der Waals surface area contributed by atoms with Gasteiger partial charge in [0.2, 0.25) is 0 Å². The fourth-order valence-electron chi connectivity index (χ4n) is 7.59. The van der Waals surface area contributed by atoms with Crippen LogP contribution in [0.2, 0.25) is 0 Å². The van der Waals surface area contributed by atoms with Crippen LogP contribution in [-0.4, -0.2) is 49.2 Å². The number of hydrogen-bond donors (Lipinski definition) is 2. The molecule has 116 valence electrons. The van der Waals surface area contributed by atoms with Gasteiger partial charge in [0.15, 0.2) is 0 Å². The zero-order valence-electron chi connectivity index (χ0n) is 13.0. The van der Waals surface area contributed by atoms with Gasteiger partial charge in [-0.25, -0.2) is 0 Å². The summed E-state index contributed by atoms with van der Waals surface area (Å²) < 4.78 is 0. The highest BCUT2D eigenvalue weighted by atomic mass is 15.2. The van der Waals surface area contributed by atoms with Gasteiger partial charge in [0.25, 0.3) is 0 Å². The quantitative estimate of drug-likeness (QED) is 0.802. The lowest BCUT2D eigenvalue weighted by atomic mass is 9.67. The Morgan fingerprint density at radius 2 is 1.48 bits per heavy atom. The van der Waals surface area contributed by atoms with Crippen LogP contribution in [0.15, 0.2) is 0 Å². The van der Waals surface area contributed by atoms with E-state index in [2.05, 4.69) is 15.5 Å². The molecule has 10 unspecified atom stereocenters. The van der Waals surface area contributed by atoms with Crippen molar-refractivity contribution in [2.75, 3.05) is 26.2 Å². The van der Waals surface area contributed by atoms with Gasteiger partial charge in [-0.3, -0.25) is 0 Å². The number of nitrogens with one attached hydrogen (secondary N) is 2. The van der Waals surface area contributed by atoms with Gasteiger partial charge in [-0.1, -0.05) is 0 Å². The van der Waals surface area contributed by atoms with Gasteiger partial charge >= 0.3 is 0 Å². The van der Waals surface area contributed by atoms with Gasteiger partial charge in [-0.05, 0) is 74.2 Å². The Hall–Kier alpha value is -0.120. The van der Waals surface area contributed by atoms with Crippen LogP contribution in [-0.2, 0) is 0 Å². The predicted molar refractivity (Wildman–Crippen MR) is 83.0 cm³/mol. The Bertz CT molecular complexity index is 414. The number of nitrogens with zero attached hydrogens (tertiary/aromatic N) is 1. The normalized spacial score (nSPS) is 64.0. The highest BCUT2D eigenvalue weighted by Crippen LogP contribution is 2.53. The minimum atomic E-state index is 0.886. The van der Waals surface area contributed by atoms with E-state index in [1.165, 1.54) is 51.9 Å². The van der Waals surface area contributed by atoms with E-state index in [1.807, 2.05) is 0 Å². The average molecular weight is 287 g/mol. The van der Waals surface area contributed by atoms with Crippen LogP contribution < -0.4 is 10.6 Å². The fourth-order valence-corrected chi connectivity index (χ4v) is 7.59. The number of fused-ring (bicyclic) bond motifs is 6. The van der Waals surface area contributed by atoms with E-state index in [1.54, 1.807) is 6.42 Å². The van der Waals surface area contributed by atoms with E-state index >= 15 is 0 Å². The van der Waals surface area contributed by atoms with Crippen molar-refractivity contribution in [3.8, 4) is 0 Å². The molecular weight excluding hydrogens is 258 g/mol. The molecule has 10 atom stereocenters. The molecular formula is C18H29N3. The summed E-state index contributed by atoms with van der Waals surface area (Å²) in [4.78, 5) is 2.83. The van der Waals surface area contributed by atoms with E-state index in [-0.39, 0.29) is 0 Å². The van der Waals surface area contributed by atoms with Crippen LogP contribution in [0.25, 0.3) is 0 Å². The molecule has 0 amide bonds. The first-order chi connectivity index (χ1) is 10.3. The second-order valence-corrected chi connectivity index (χ2v) is 9.17. The maximum Gasteiger partial charge on any atom is 0.0102 e. The minimum absolute atomic E-state index is 0.886. The van der Waals surface area contributed by atoms with Gasteiger partial charge in [0.05, 0.1) is 0 Å². The van der Waals surface area contributed by atoms with Crippen molar-refractivity contribution in [2.45, 2.75) is 50.2 Å². The first-order valence-electron chi connectivity index (χ1n) is 9.57. The molecule has 6 bridgehead atoms. The third-order valence-corrected chi connectivity index (χ3v) is 8.33. The van der Waals surface area contributed by atoms with Crippen molar-refractivity contribution in [3.05, 3.63) is 0 Å². The molecule has 6 fully saturated rings. The zero-order valence-corrected chi connectivity index (χ0v) is 13.0. The summed E-state index contributed by atoms with van der Waals surface area (Å²) in [7, 11) is 0. The third kappa shape index (κ3) is 1.66. The number of hydrogen-bond acceptors (Lipinski definition) is 3. The van der Waals surface area contributed by atoms with Gasteiger partial charge < -0.3 is 15.5 Å². The maximum atomic E-state index is 3.89. The third-order valence-electron chi connectivity index (χ3n) is 8.33. The number of piperidine rings is 2. The monoisotopic (exact) mass is 287 g/mol. The molecule has 6 aliphatic rings. The summed E-state index contributed by atoms with van der Waals surface area (Å²) >= 11 is 0. The molecule has 3 nitrogen and oxygen atoms in total. The first-order valence-corrected chi connectivity index (χ1v) is 9.57. The Balaban J connectivity index is 1.23. The second kappa shape index (κ2) is 4.24. The molecule has 1 aliphatic carbocycles. The summed E-state index contributed by atoms with van der Waals surface area (Å²) in [6.45, 7) is 5.63. The first kappa shape index (κ1) is 12.3. The summed E-state index contributed by atoms with van der Waals surface area (Å²) in [5, 5.41) is 7.72. The van der Waals surface area contributed by atoms with Gasteiger partial charge in [-0.2, -0.15) is 0 Å². The Morgan fingerprint density at radius 3 is 2.00 bits per heavy atom. The average Bonchev–Trinajstić information content (AvgIpc) is 3.33. The molecule has 0 aromatic heterocycles. The van der Waals surface area contributed by atoms with Crippen LogP contribution in [0.4, 0.5) is 0 Å². The molecule has 0 radical (unpaired) electrons. The largest absolute Gasteiger partial charge is 0.313 e. The molecule has 0 aromatic rings. The standard InChI is InChI=1S/C18H29N3/c1-2-17-13(5-11(1)20-17)15-8-21-7-14(16(15)9-21)12-3-10-4-18(12)19-6-10/h10-20H,1-9H2. The summed E-state index contributed by atoms with van der Waals surface area (Å²) in [5.41, 5.74) is 0. The second-order valence-electron chi connectivity index (χ2n) is 9.17. The molecule has 0 spiro atoms. The maximum absolute atomic E-state index is 3.89. The fraction of sp³-hybridized carbons (Fsp3) is 1.00. The van der Waals surface area contributed by atoms with Crippen LogP contribution >= 0.6 is 0 Å². The van der Waals surface area contributed by atoms with E-state index in [0.29, 0.717) is 0 Å². The van der Waals surface area contributed by atoms with Crippen LogP contribution in [0.5, 0.6) is 0 Å². The molecule has 5 heterocycles. The lowest BCUT2D eigenvalue weighted by Crippen LogP contribution is -2.46. The van der Waals surface area contributed by atoms with E-state index < -0.39 is 0 Å². The highest BCUT2D eigenvalue weighted by molar-refractivity contribution is 5.10. The van der Waals surface area contributed by atoms with Crippen molar-refractivity contribution in [3.63, 3.8) is 0 Å². The van der Waals surface area contributed by atoms with Gasteiger partial charge in [-0.15, -0.1) is 0 Å². The lowest BCUT2D eigenvalue weighted by Gasteiger charge is -2.40. The van der Waals surface area contributed by atoms with Crippen molar-refractivity contribution in [1.82, 2.24) is 15.5 Å². The lowest BCUT2D eigenvalue weighted by molar-refractivity contribution is 0.100. The topological polar surface area (TPSA) is 27.3 Å². The van der Waals surface area contributed by atoms with Crippen molar-refractivity contribution >= 4 is 0 Å². The van der Waals surface area contributed by atoms with Crippen molar-refractivity contribution in [2.24, 2.45) is 35.5 Å². The Labute approximate surface area is 128 Å². The molecule has 21 heavy (non-hydrogen) atoms. The van der Waals surface area contributed by atoms with E-state index in [0.717, 1.165) is 53.6 Å². The minimum Gasteiger partial charge on any atom is -0.313 e. The molecule has 1 saturated carbocycles. The smallest absolute Gasteiger partial charge is 0.0102 e. The highest BCUT2D eigenvalue weighted by Gasteiger charge is 2.56. The van der Waals surface area contributed by atoms with Crippen molar-refractivity contribution < 1.29 is 0 Å². The van der Waals surface area contributed by atoms with E-state index in [4.69, 9.17) is 0 Å². The summed E-state index contributed by atoms with van der Waals surface area (Å²) in [5.74, 6) is 6.18. The molecule has 2 N–H and O–H groups in total. The predicted octanol–water partition coefficient (Wildman–Crippen LogP) is 1.30. The molecule has 5 saturated heterocycles.